The summed E-state index contributed by atoms with van der Waals surface area (Å²) in [6.45, 7) is 4.71. The Balaban J connectivity index is 0.000000146. The van der Waals surface area contributed by atoms with Gasteiger partial charge in [0.2, 0.25) is 0 Å². The lowest BCUT2D eigenvalue weighted by molar-refractivity contribution is 0.660. The zero-order valence-electron chi connectivity index (χ0n) is 79.3. The molecular weight excluding hydrogens is 1730 g/mol. The van der Waals surface area contributed by atoms with E-state index in [1.165, 1.54) is 209 Å². The van der Waals surface area contributed by atoms with E-state index < -0.39 is 0 Å². The summed E-state index contributed by atoms with van der Waals surface area (Å²) in [5, 5.41) is 15.0. The standard InChI is InChI=1S/C71H50N2.C68H46N2/c1-71(2)65-27-15-13-21-57(65)58-43-35-52(46-66(58)71)48-31-39-55(40-32-48)72(54-37-29-47(30-38-54)51-36-44-68-64(45-51)59-22-14-16-28-67(59)73(68)53-19-7-4-8-20-53)56-41-33-50(34-42-56)70-62-25-11-9-23-60(62)69(49-17-5-3-6-18-49)61-24-10-12-26-63(61)70;1-4-16-47(17-5-1)48-28-30-49(31-29-48)50-32-39-56(40-33-50)69(57-41-34-51(35-42-57)54-38-45-66-64(46-54)59-22-14-15-27-65(59)70(66)55-20-8-3-9-21-55)58-43-36-53(37-44-58)68-62-25-12-10-23-60(62)67(52-18-6-2-7-19-52)61-24-11-13-26-63(61)68/h3-46H,1-2H3;1-46H. The van der Waals surface area contributed by atoms with Crippen molar-refractivity contribution >= 4 is 121 Å². The number of benzene rings is 24. The highest BCUT2D eigenvalue weighted by molar-refractivity contribution is 6.23. The molecule has 0 atom stereocenters. The van der Waals surface area contributed by atoms with E-state index in [0.717, 1.165) is 45.5 Å². The summed E-state index contributed by atoms with van der Waals surface area (Å²) in [6.07, 6.45) is 0. The molecule has 0 radical (unpaired) electrons. The lowest BCUT2D eigenvalue weighted by Gasteiger charge is -2.26. The zero-order chi connectivity index (χ0) is 95.0. The third kappa shape index (κ3) is 15.1. The lowest BCUT2D eigenvalue weighted by atomic mass is 9.81. The van der Waals surface area contributed by atoms with Crippen molar-refractivity contribution < 1.29 is 0 Å². The highest BCUT2D eigenvalue weighted by Gasteiger charge is 2.36. The summed E-state index contributed by atoms with van der Waals surface area (Å²) >= 11 is 0. The Morgan fingerprint density at radius 3 is 0.685 bits per heavy atom. The Kier molecular flexibility index (Phi) is 21.3. The molecule has 26 aromatic rings. The van der Waals surface area contributed by atoms with Gasteiger partial charge in [-0.05, 0) is 305 Å². The van der Waals surface area contributed by atoms with Crippen molar-refractivity contribution in [2.75, 3.05) is 9.80 Å². The van der Waals surface area contributed by atoms with Crippen molar-refractivity contribution in [2.24, 2.45) is 0 Å². The summed E-state index contributed by atoms with van der Waals surface area (Å²) in [5.74, 6) is 0. The fourth-order valence-corrected chi connectivity index (χ4v) is 22.8. The second-order valence-electron chi connectivity index (χ2n) is 38.1. The van der Waals surface area contributed by atoms with Crippen molar-refractivity contribution in [3.8, 4) is 123 Å². The molecule has 0 N–H and O–H groups in total. The van der Waals surface area contributed by atoms with Gasteiger partial charge < -0.3 is 18.9 Å². The normalized spacial score (nSPS) is 12.0. The molecule has 2 aromatic heterocycles. The first-order valence-electron chi connectivity index (χ1n) is 49.5. The molecule has 4 heteroatoms. The Hall–Kier alpha value is -18.5. The Morgan fingerprint density at radius 2 is 0.357 bits per heavy atom. The number of hydrogen-bond donors (Lipinski definition) is 0. The molecule has 0 fully saturated rings. The van der Waals surface area contributed by atoms with Gasteiger partial charge in [0.05, 0.1) is 22.1 Å². The second kappa shape index (κ2) is 35.8. The number of nitrogens with zero attached hydrogens (tertiary/aromatic N) is 4. The number of anilines is 6. The lowest BCUT2D eigenvalue weighted by Crippen LogP contribution is -2.14. The fourth-order valence-electron chi connectivity index (χ4n) is 22.8. The quantitative estimate of drug-likeness (QED) is 0.0845. The monoisotopic (exact) mass is 1820 g/mol. The van der Waals surface area contributed by atoms with Crippen LogP contribution in [0, 0.1) is 0 Å². The first-order valence-corrected chi connectivity index (χ1v) is 49.5. The van der Waals surface area contributed by atoms with Gasteiger partial charge in [0, 0.05) is 72.5 Å². The third-order valence-electron chi connectivity index (χ3n) is 29.6. The predicted molar refractivity (Wildman–Crippen MR) is 607 cm³/mol. The van der Waals surface area contributed by atoms with Crippen LogP contribution in [0.4, 0.5) is 34.1 Å². The third-order valence-corrected chi connectivity index (χ3v) is 29.6. The van der Waals surface area contributed by atoms with Crippen LogP contribution in [0.25, 0.3) is 209 Å². The molecule has 0 spiro atoms. The molecule has 2 heterocycles. The first kappa shape index (κ1) is 85.0. The maximum Gasteiger partial charge on any atom is 0.0541 e. The van der Waals surface area contributed by atoms with Crippen molar-refractivity contribution in [3.63, 3.8) is 0 Å². The summed E-state index contributed by atoms with van der Waals surface area (Å²) in [4.78, 5) is 4.77. The highest BCUT2D eigenvalue weighted by atomic mass is 15.1. The highest BCUT2D eigenvalue weighted by Crippen LogP contribution is 2.53. The van der Waals surface area contributed by atoms with Gasteiger partial charge in [-0.2, -0.15) is 0 Å². The molecule has 0 aliphatic heterocycles. The molecule has 0 saturated carbocycles. The number of para-hydroxylation sites is 4. The van der Waals surface area contributed by atoms with Gasteiger partial charge in [0.1, 0.15) is 0 Å². The Morgan fingerprint density at radius 1 is 0.147 bits per heavy atom. The van der Waals surface area contributed by atoms with Crippen molar-refractivity contribution in [2.45, 2.75) is 19.3 Å². The first-order chi connectivity index (χ1) is 70.7. The number of fused-ring (bicyclic) bond motifs is 13. The van der Waals surface area contributed by atoms with E-state index in [2.05, 4.69) is 579 Å². The smallest absolute Gasteiger partial charge is 0.0541 e. The van der Waals surface area contributed by atoms with Crippen LogP contribution >= 0.6 is 0 Å². The van der Waals surface area contributed by atoms with Crippen LogP contribution in [0.3, 0.4) is 0 Å². The Labute approximate surface area is 832 Å². The summed E-state index contributed by atoms with van der Waals surface area (Å²) in [7, 11) is 0. The largest absolute Gasteiger partial charge is 0.311 e. The molecular formula is C139H96N4. The second-order valence-corrected chi connectivity index (χ2v) is 38.1. The van der Waals surface area contributed by atoms with Gasteiger partial charge in [-0.1, -0.05) is 420 Å². The van der Waals surface area contributed by atoms with Gasteiger partial charge in [-0.15, -0.1) is 0 Å². The van der Waals surface area contributed by atoms with Gasteiger partial charge in [-0.25, -0.2) is 0 Å². The molecule has 24 aromatic carbocycles. The average Bonchev–Trinajstić information content (AvgIpc) is 1.64. The molecule has 4 nitrogen and oxygen atoms in total. The van der Waals surface area contributed by atoms with E-state index in [1.807, 2.05) is 0 Å². The minimum absolute atomic E-state index is 0.0632. The van der Waals surface area contributed by atoms with Gasteiger partial charge in [-0.3, -0.25) is 0 Å². The molecule has 0 bridgehead atoms. The van der Waals surface area contributed by atoms with E-state index in [9.17, 15) is 0 Å². The molecule has 0 amide bonds. The molecule has 0 saturated heterocycles. The topological polar surface area (TPSA) is 16.3 Å². The van der Waals surface area contributed by atoms with E-state index >= 15 is 0 Å². The molecule has 143 heavy (non-hydrogen) atoms. The van der Waals surface area contributed by atoms with Crippen molar-refractivity contribution in [1.29, 1.82) is 0 Å². The van der Waals surface area contributed by atoms with Crippen molar-refractivity contribution in [3.05, 3.63) is 557 Å². The Bertz CT molecular complexity index is 9200. The fraction of sp³-hybridized carbons (Fsp3) is 0.0216. The number of hydrogen-bond acceptors (Lipinski definition) is 2. The van der Waals surface area contributed by atoms with Crippen LogP contribution in [-0.2, 0) is 5.41 Å². The maximum atomic E-state index is 2.41. The van der Waals surface area contributed by atoms with Crippen LogP contribution < -0.4 is 9.80 Å². The van der Waals surface area contributed by atoms with Gasteiger partial charge >= 0.3 is 0 Å². The summed E-state index contributed by atoms with van der Waals surface area (Å²) < 4.78 is 4.75. The zero-order valence-corrected chi connectivity index (χ0v) is 79.3. The van der Waals surface area contributed by atoms with Crippen LogP contribution in [0.1, 0.15) is 25.0 Å². The van der Waals surface area contributed by atoms with E-state index in [0.29, 0.717) is 0 Å². The maximum absolute atomic E-state index is 2.41. The van der Waals surface area contributed by atoms with Crippen LogP contribution in [0.2, 0.25) is 0 Å². The average molecular weight is 1820 g/mol. The minimum atomic E-state index is -0.0632. The SMILES string of the molecule is CC1(C)c2ccccc2-c2ccc(-c3ccc(N(c4ccc(-c5ccc6c(c5)c5ccccc5n6-c5ccccc5)cc4)c4ccc(-c5c6ccccc6c(-c6ccccc6)c6ccccc56)cc4)cc3)cc21.c1ccc(-c2ccc(-c3ccc(N(c4ccc(-c5ccc6c(c5)c5ccccc5n6-c5ccccc5)cc4)c4ccc(-c5c6ccccc6c(-c6ccccc6)c6ccccc56)cc4)cc3)cc2)cc1. The van der Waals surface area contributed by atoms with Crippen LogP contribution in [0.5, 0.6) is 0 Å². The molecule has 1 aliphatic rings. The van der Waals surface area contributed by atoms with Gasteiger partial charge in [0.15, 0.2) is 0 Å². The van der Waals surface area contributed by atoms with E-state index in [1.54, 1.807) is 0 Å². The van der Waals surface area contributed by atoms with E-state index in [-0.39, 0.29) is 5.41 Å². The molecule has 0 unspecified atom stereocenters. The number of aromatic nitrogens is 2. The molecule has 27 rings (SSSR count). The molecule has 672 valence electrons. The number of rotatable bonds is 17. The summed E-state index contributed by atoms with van der Waals surface area (Å²) in [6, 6.07) is 200. The van der Waals surface area contributed by atoms with Crippen LogP contribution in [0.15, 0.2) is 546 Å². The van der Waals surface area contributed by atoms with E-state index in [4.69, 9.17) is 0 Å². The van der Waals surface area contributed by atoms with Gasteiger partial charge in [0.25, 0.3) is 0 Å². The summed E-state index contributed by atoms with van der Waals surface area (Å²) in [5.41, 5.74) is 40.9. The predicted octanol–water partition coefficient (Wildman–Crippen LogP) is 38.4. The minimum Gasteiger partial charge on any atom is -0.311 e. The van der Waals surface area contributed by atoms with Crippen molar-refractivity contribution in [1.82, 2.24) is 9.13 Å². The van der Waals surface area contributed by atoms with Crippen LogP contribution in [-0.4, -0.2) is 9.13 Å². The molecule has 1 aliphatic carbocycles.